The molecule has 2 unspecified atom stereocenters. The minimum Gasteiger partial charge on any atom is -0.394 e. The third kappa shape index (κ3) is 43.3. The second-order valence-corrected chi connectivity index (χ2v) is 16.5. The van der Waals surface area contributed by atoms with Crippen molar-refractivity contribution in [2.45, 2.75) is 264 Å². The highest BCUT2D eigenvalue weighted by molar-refractivity contribution is 5.76. The molecule has 0 radical (unpaired) electrons. The molecular weight excluding hydrogens is 675 g/mol. The highest BCUT2D eigenvalue weighted by atomic mass is 16.3. The van der Waals surface area contributed by atoms with Gasteiger partial charge in [-0.25, -0.2) is 0 Å². The predicted octanol–water partition coefficient (Wildman–Crippen LogP) is 15.5. The molecule has 0 saturated heterocycles. The van der Waals surface area contributed by atoms with E-state index in [2.05, 4.69) is 55.6 Å². The van der Waals surface area contributed by atoms with Crippen LogP contribution in [0.1, 0.15) is 251 Å². The SMILES string of the molecule is CCCCCC/C=C/CC/C=C/CC/C=C/C(O)C(CO)NC(=O)CCCCCCCCCCCCCCCCCCC/C=C\CCCCCCCCCC. The molecule has 322 valence electrons. The van der Waals surface area contributed by atoms with Gasteiger partial charge in [-0.15, -0.1) is 0 Å². The molecule has 0 aromatic rings. The molecule has 55 heavy (non-hydrogen) atoms. The summed E-state index contributed by atoms with van der Waals surface area (Å²) in [4.78, 5) is 12.4. The Balaban J connectivity index is 3.50. The van der Waals surface area contributed by atoms with E-state index in [0.717, 1.165) is 38.5 Å². The lowest BCUT2D eigenvalue weighted by Crippen LogP contribution is -2.45. The average Bonchev–Trinajstić information content (AvgIpc) is 3.19. The number of hydrogen-bond donors (Lipinski definition) is 3. The van der Waals surface area contributed by atoms with Crippen molar-refractivity contribution in [1.29, 1.82) is 0 Å². The maximum absolute atomic E-state index is 12.4. The van der Waals surface area contributed by atoms with E-state index < -0.39 is 12.1 Å². The smallest absolute Gasteiger partial charge is 0.220 e. The first-order valence-electron chi connectivity index (χ1n) is 24.4. The zero-order chi connectivity index (χ0) is 40.0. The maximum atomic E-state index is 12.4. The minimum absolute atomic E-state index is 0.0767. The topological polar surface area (TPSA) is 69.6 Å². The molecule has 0 spiro atoms. The largest absolute Gasteiger partial charge is 0.394 e. The number of allylic oxidation sites excluding steroid dienone is 7. The second-order valence-electron chi connectivity index (χ2n) is 16.5. The number of aliphatic hydroxyl groups excluding tert-OH is 2. The van der Waals surface area contributed by atoms with Gasteiger partial charge in [0, 0.05) is 6.42 Å². The molecule has 4 nitrogen and oxygen atoms in total. The Morgan fingerprint density at radius 3 is 1.07 bits per heavy atom. The summed E-state index contributed by atoms with van der Waals surface area (Å²) in [5, 5.41) is 23.0. The Hall–Kier alpha value is -1.65. The molecule has 0 aromatic carbocycles. The zero-order valence-electron chi connectivity index (χ0n) is 36.9. The molecule has 0 saturated carbocycles. The van der Waals surface area contributed by atoms with Crippen molar-refractivity contribution in [1.82, 2.24) is 5.32 Å². The van der Waals surface area contributed by atoms with Gasteiger partial charge in [0.15, 0.2) is 0 Å². The van der Waals surface area contributed by atoms with Gasteiger partial charge in [-0.05, 0) is 70.6 Å². The third-order valence-corrected chi connectivity index (χ3v) is 11.0. The van der Waals surface area contributed by atoms with Crippen LogP contribution in [0.5, 0.6) is 0 Å². The lowest BCUT2D eigenvalue weighted by atomic mass is 10.0. The standard InChI is InChI=1S/C51H95NO3/c1-3-5-7-9-11-13-15-17-19-20-21-22-23-24-25-26-27-28-29-30-31-32-33-35-37-39-41-43-45-47-51(55)52-49(48-53)50(54)46-44-42-40-38-36-34-18-16-14-12-10-8-6-4-2/h14,16,20-21,36,38,44,46,49-50,53-54H,3-13,15,17-19,22-35,37,39-43,45,47-48H2,1-2H3,(H,52,55)/b16-14+,21-20-,38-36+,46-44+. The number of hydrogen-bond acceptors (Lipinski definition) is 3. The molecule has 0 aliphatic heterocycles. The third-order valence-electron chi connectivity index (χ3n) is 11.0. The zero-order valence-corrected chi connectivity index (χ0v) is 36.9. The Bertz CT molecular complexity index is 877. The van der Waals surface area contributed by atoms with Crippen LogP contribution >= 0.6 is 0 Å². The van der Waals surface area contributed by atoms with Gasteiger partial charge >= 0.3 is 0 Å². The van der Waals surface area contributed by atoms with Crippen LogP contribution in [-0.4, -0.2) is 34.9 Å². The van der Waals surface area contributed by atoms with Crippen LogP contribution in [0.2, 0.25) is 0 Å². The number of aliphatic hydroxyl groups is 2. The highest BCUT2D eigenvalue weighted by Crippen LogP contribution is 2.16. The van der Waals surface area contributed by atoms with E-state index in [9.17, 15) is 15.0 Å². The van der Waals surface area contributed by atoms with E-state index >= 15 is 0 Å². The average molecular weight is 770 g/mol. The van der Waals surface area contributed by atoms with Crippen molar-refractivity contribution in [2.75, 3.05) is 6.61 Å². The summed E-state index contributed by atoms with van der Waals surface area (Å²) in [5.41, 5.74) is 0. The number of unbranched alkanes of at least 4 members (excludes halogenated alkanes) is 31. The molecule has 0 bridgehead atoms. The van der Waals surface area contributed by atoms with Gasteiger partial charge in [0.05, 0.1) is 18.8 Å². The summed E-state index contributed by atoms with van der Waals surface area (Å²) in [6.07, 6.45) is 63.9. The van der Waals surface area contributed by atoms with E-state index in [1.165, 1.54) is 193 Å². The molecule has 4 heteroatoms. The summed E-state index contributed by atoms with van der Waals surface area (Å²) < 4.78 is 0. The lowest BCUT2D eigenvalue weighted by molar-refractivity contribution is -0.123. The van der Waals surface area contributed by atoms with Gasteiger partial charge < -0.3 is 15.5 Å². The Kier molecular flexibility index (Phi) is 45.3. The predicted molar refractivity (Wildman–Crippen MR) is 244 cm³/mol. The quantitative estimate of drug-likeness (QED) is 0.0427. The van der Waals surface area contributed by atoms with Crippen molar-refractivity contribution in [3.05, 3.63) is 48.6 Å². The van der Waals surface area contributed by atoms with Crippen molar-refractivity contribution in [2.24, 2.45) is 0 Å². The molecule has 0 rings (SSSR count). The van der Waals surface area contributed by atoms with E-state index in [1.807, 2.05) is 6.08 Å². The first kappa shape index (κ1) is 53.4. The first-order chi connectivity index (χ1) is 27.2. The monoisotopic (exact) mass is 770 g/mol. The van der Waals surface area contributed by atoms with Crippen LogP contribution < -0.4 is 5.32 Å². The first-order valence-corrected chi connectivity index (χ1v) is 24.4. The van der Waals surface area contributed by atoms with Crippen LogP contribution in [-0.2, 0) is 4.79 Å². The van der Waals surface area contributed by atoms with E-state index in [4.69, 9.17) is 0 Å². The fourth-order valence-electron chi connectivity index (χ4n) is 7.26. The fraction of sp³-hybridized carbons (Fsp3) is 0.824. The number of amides is 1. The Morgan fingerprint density at radius 2 is 0.709 bits per heavy atom. The molecule has 2 atom stereocenters. The molecule has 1 amide bonds. The van der Waals surface area contributed by atoms with Gasteiger partial charge in [-0.3, -0.25) is 4.79 Å². The Morgan fingerprint density at radius 1 is 0.418 bits per heavy atom. The van der Waals surface area contributed by atoms with Crippen molar-refractivity contribution >= 4 is 5.91 Å². The number of nitrogens with one attached hydrogen (secondary N) is 1. The van der Waals surface area contributed by atoms with E-state index in [0.29, 0.717) is 6.42 Å². The molecule has 0 heterocycles. The molecule has 0 aromatic heterocycles. The Labute approximate surface area is 344 Å². The van der Waals surface area contributed by atoms with Gasteiger partial charge in [0.25, 0.3) is 0 Å². The van der Waals surface area contributed by atoms with E-state index in [-0.39, 0.29) is 12.5 Å². The maximum Gasteiger partial charge on any atom is 0.220 e. The summed E-state index contributed by atoms with van der Waals surface area (Å²) in [7, 11) is 0. The number of carbonyl (C=O) groups excluding carboxylic acids is 1. The molecule has 3 N–H and O–H groups in total. The summed E-state index contributed by atoms with van der Waals surface area (Å²) in [6, 6.07) is -0.644. The van der Waals surface area contributed by atoms with Crippen molar-refractivity contribution < 1.29 is 15.0 Å². The molecule has 0 aliphatic rings. The van der Waals surface area contributed by atoms with Crippen LogP contribution in [0.15, 0.2) is 48.6 Å². The second kappa shape index (κ2) is 46.7. The van der Waals surface area contributed by atoms with Gasteiger partial charge in [-0.2, -0.15) is 0 Å². The van der Waals surface area contributed by atoms with Crippen LogP contribution in [0, 0.1) is 0 Å². The number of rotatable bonds is 44. The van der Waals surface area contributed by atoms with Crippen LogP contribution in [0.3, 0.4) is 0 Å². The normalized spacial score (nSPS) is 13.3. The van der Waals surface area contributed by atoms with Gasteiger partial charge in [0.1, 0.15) is 0 Å². The molecular formula is C51H95NO3. The minimum atomic E-state index is -0.868. The fourth-order valence-corrected chi connectivity index (χ4v) is 7.26. The van der Waals surface area contributed by atoms with Crippen LogP contribution in [0.25, 0.3) is 0 Å². The highest BCUT2D eigenvalue weighted by Gasteiger charge is 2.17. The van der Waals surface area contributed by atoms with E-state index in [1.54, 1.807) is 6.08 Å². The van der Waals surface area contributed by atoms with Crippen LogP contribution in [0.4, 0.5) is 0 Å². The summed E-state index contributed by atoms with van der Waals surface area (Å²) in [6.45, 7) is 4.28. The van der Waals surface area contributed by atoms with Gasteiger partial charge in [0.2, 0.25) is 5.91 Å². The number of carbonyl (C=O) groups is 1. The molecule has 0 fully saturated rings. The summed E-state index contributed by atoms with van der Waals surface area (Å²) >= 11 is 0. The van der Waals surface area contributed by atoms with Crippen molar-refractivity contribution in [3.63, 3.8) is 0 Å². The molecule has 0 aliphatic carbocycles. The van der Waals surface area contributed by atoms with Gasteiger partial charge in [-0.1, -0.05) is 223 Å². The van der Waals surface area contributed by atoms with Crippen molar-refractivity contribution in [3.8, 4) is 0 Å². The lowest BCUT2D eigenvalue weighted by Gasteiger charge is -2.19. The summed E-state index contributed by atoms with van der Waals surface area (Å²) in [5.74, 6) is -0.0767.